The maximum atomic E-state index is 12.1. The number of nitrogens with one attached hydrogen (secondary N) is 2. The Bertz CT molecular complexity index is 1320. The average molecular weight is 541 g/mol. The van der Waals surface area contributed by atoms with Crippen LogP contribution < -0.4 is 23.8 Å². The fourth-order valence-electron chi connectivity index (χ4n) is 4.38. The molecule has 0 saturated carbocycles. The van der Waals surface area contributed by atoms with Gasteiger partial charge in [-0.15, -0.1) is 0 Å². The van der Waals surface area contributed by atoms with Crippen LogP contribution in [0.25, 0.3) is 0 Å². The first kappa shape index (κ1) is 27.6. The van der Waals surface area contributed by atoms with E-state index in [1.807, 2.05) is 6.07 Å². The molecular formula is C22H32N6O6S2. The number of nitro benzene ring substituents is 1. The van der Waals surface area contributed by atoms with Crippen molar-refractivity contribution in [2.24, 2.45) is 0 Å². The summed E-state index contributed by atoms with van der Waals surface area (Å²) in [5.74, 6) is 0. The zero-order valence-electron chi connectivity index (χ0n) is 20.3. The highest BCUT2D eigenvalue weighted by atomic mass is 32.2. The first-order chi connectivity index (χ1) is 17.0. The third-order valence-corrected chi connectivity index (χ3v) is 9.08. The Balaban J connectivity index is 0.000000202. The zero-order chi connectivity index (χ0) is 26.5. The van der Waals surface area contributed by atoms with Gasteiger partial charge in [-0.2, -0.15) is 26.3 Å². The fourth-order valence-corrected chi connectivity index (χ4v) is 7.02. The number of nitro groups is 1. The Labute approximate surface area is 212 Å². The number of nitrogens with zero attached hydrogens (tertiary/aromatic N) is 3. The molecule has 0 radical (unpaired) electrons. The highest BCUT2D eigenvalue weighted by Gasteiger charge is 2.31. The number of benzene rings is 2. The molecule has 0 amide bonds. The lowest BCUT2D eigenvalue weighted by Crippen LogP contribution is -2.43. The second-order valence-electron chi connectivity index (χ2n) is 8.23. The van der Waals surface area contributed by atoms with Gasteiger partial charge in [-0.25, -0.2) is 0 Å². The van der Waals surface area contributed by atoms with E-state index >= 15 is 0 Å². The van der Waals surface area contributed by atoms with E-state index in [4.69, 9.17) is 5.73 Å². The molecule has 4 N–H and O–H groups in total. The summed E-state index contributed by atoms with van der Waals surface area (Å²) < 4.78 is 55.8. The molecular weight excluding hydrogens is 508 g/mol. The van der Waals surface area contributed by atoms with E-state index < -0.39 is 25.3 Å². The molecule has 2 aromatic carbocycles. The van der Waals surface area contributed by atoms with E-state index in [2.05, 4.69) is 9.44 Å². The quantitative estimate of drug-likeness (QED) is 0.274. The third-order valence-electron chi connectivity index (χ3n) is 5.86. The lowest BCUT2D eigenvalue weighted by molar-refractivity contribution is -0.385. The van der Waals surface area contributed by atoms with Gasteiger partial charge in [0, 0.05) is 37.9 Å². The zero-order valence-corrected chi connectivity index (χ0v) is 21.9. The van der Waals surface area contributed by atoms with Crippen molar-refractivity contribution in [1.29, 1.82) is 0 Å². The van der Waals surface area contributed by atoms with Gasteiger partial charge in [0.05, 0.1) is 21.9 Å². The molecule has 36 heavy (non-hydrogen) atoms. The van der Waals surface area contributed by atoms with E-state index in [1.165, 1.54) is 20.7 Å². The number of hydrogen-bond acceptors (Lipinski definition) is 7. The average Bonchev–Trinajstić information content (AvgIpc) is 2.83. The van der Waals surface area contributed by atoms with Crippen LogP contribution in [0.5, 0.6) is 0 Å². The smallest absolute Gasteiger partial charge is 0.301 e. The minimum absolute atomic E-state index is 0.0195. The molecule has 0 spiro atoms. The van der Waals surface area contributed by atoms with Gasteiger partial charge >= 0.3 is 20.4 Å². The normalized spacial score (nSPS) is 15.4. The summed E-state index contributed by atoms with van der Waals surface area (Å²) in [6.07, 6.45) is 2.72. The van der Waals surface area contributed by atoms with Gasteiger partial charge in [0.15, 0.2) is 0 Å². The first-order valence-corrected chi connectivity index (χ1v) is 14.6. The van der Waals surface area contributed by atoms with Crippen LogP contribution in [0.2, 0.25) is 0 Å². The van der Waals surface area contributed by atoms with Gasteiger partial charge < -0.3 is 5.73 Å². The molecule has 4 rings (SSSR count). The van der Waals surface area contributed by atoms with E-state index in [0.717, 1.165) is 18.4 Å². The van der Waals surface area contributed by atoms with Gasteiger partial charge in [0.1, 0.15) is 0 Å². The summed E-state index contributed by atoms with van der Waals surface area (Å²) >= 11 is 0. The van der Waals surface area contributed by atoms with E-state index in [-0.39, 0.29) is 12.2 Å². The minimum Gasteiger partial charge on any atom is -0.398 e. The molecule has 198 valence electrons. The summed E-state index contributed by atoms with van der Waals surface area (Å²) in [6.45, 7) is 4.96. The predicted molar refractivity (Wildman–Crippen MR) is 140 cm³/mol. The highest BCUT2D eigenvalue weighted by Crippen LogP contribution is 2.35. The number of anilines is 3. The highest BCUT2D eigenvalue weighted by molar-refractivity contribution is 7.91. The molecule has 14 heteroatoms. The molecule has 0 bridgehead atoms. The topological polar surface area (TPSA) is 168 Å². The maximum Gasteiger partial charge on any atom is 0.301 e. The van der Waals surface area contributed by atoms with E-state index in [1.54, 1.807) is 32.0 Å². The SMILES string of the molecule is CCNS(=O)(=O)N1CCCc2c(N)cccc21.CCNS(=O)(=O)N1CCCc2c1cccc2[N+](=O)[O-]. The van der Waals surface area contributed by atoms with Gasteiger partial charge in [0.25, 0.3) is 5.69 Å². The van der Waals surface area contributed by atoms with Gasteiger partial charge in [-0.05, 0) is 49.4 Å². The van der Waals surface area contributed by atoms with Crippen LogP contribution in [0.15, 0.2) is 36.4 Å². The Morgan fingerprint density at radius 3 is 1.83 bits per heavy atom. The van der Waals surface area contributed by atoms with Crippen LogP contribution in [-0.4, -0.2) is 47.9 Å². The number of rotatable bonds is 7. The third kappa shape index (κ3) is 5.88. The summed E-state index contributed by atoms with van der Waals surface area (Å²) in [6, 6.07) is 9.92. The van der Waals surface area contributed by atoms with Gasteiger partial charge in [-0.1, -0.05) is 26.0 Å². The van der Waals surface area contributed by atoms with Crippen LogP contribution in [0.3, 0.4) is 0 Å². The molecule has 0 saturated heterocycles. The number of nitrogen functional groups attached to an aromatic ring is 1. The second-order valence-corrected chi connectivity index (χ2v) is 11.6. The Kier molecular flexibility index (Phi) is 8.76. The molecule has 2 aliphatic rings. The van der Waals surface area contributed by atoms with E-state index in [9.17, 15) is 26.9 Å². The van der Waals surface area contributed by atoms with Crippen molar-refractivity contribution in [3.05, 3.63) is 57.6 Å². The standard InChI is InChI=1S/C11H15N3O4S.C11H17N3O2S/c1-2-12-19(17,18)13-8-4-5-9-10(13)6-3-7-11(9)14(15)16;1-2-13-17(15,16)14-8-4-5-9-10(12)6-3-7-11(9)14/h3,6-7,12H,2,4-5,8H2,1H3;3,6-7,13H,2,4-5,8,12H2,1H3. The van der Waals surface area contributed by atoms with E-state index in [0.29, 0.717) is 55.1 Å². The largest absolute Gasteiger partial charge is 0.398 e. The molecule has 0 aromatic heterocycles. The van der Waals surface area contributed by atoms with Crippen molar-refractivity contribution in [2.45, 2.75) is 39.5 Å². The maximum absolute atomic E-state index is 12.1. The number of fused-ring (bicyclic) bond motifs is 2. The molecule has 0 unspecified atom stereocenters. The van der Waals surface area contributed by atoms with Crippen LogP contribution >= 0.6 is 0 Å². The van der Waals surface area contributed by atoms with Crippen molar-refractivity contribution in [3.8, 4) is 0 Å². The van der Waals surface area contributed by atoms with Crippen molar-refractivity contribution in [3.63, 3.8) is 0 Å². The second kappa shape index (κ2) is 11.4. The van der Waals surface area contributed by atoms with Crippen LogP contribution in [0.4, 0.5) is 22.7 Å². The summed E-state index contributed by atoms with van der Waals surface area (Å²) in [5.41, 5.74) is 9.05. The lowest BCUT2D eigenvalue weighted by Gasteiger charge is -2.30. The van der Waals surface area contributed by atoms with Crippen molar-refractivity contribution >= 4 is 43.2 Å². The van der Waals surface area contributed by atoms with Crippen LogP contribution in [-0.2, 0) is 33.3 Å². The Hall–Kier alpha value is -2.94. The molecule has 0 atom stereocenters. The molecule has 0 aliphatic carbocycles. The number of nitrogens with two attached hydrogens (primary N) is 1. The molecule has 0 fully saturated rings. The van der Waals surface area contributed by atoms with Crippen molar-refractivity contribution in [1.82, 2.24) is 9.44 Å². The Morgan fingerprint density at radius 1 is 0.861 bits per heavy atom. The predicted octanol–water partition coefficient (Wildman–Crippen LogP) is 2.08. The fraction of sp³-hybridized carbons (Fsp3) is 0.455. The molecule has 2 heterocycles. The van der Waals surface area contributed by atoms with Gasteiger partial charge in [0.2, 0.25) is 0 Å². The first-order valence-electron chi connectivity index (χ1n) is 11.7. The lowest BCUT2D eigenvalue weighted by atomic mass is 10.0. The van der Waals surface area contributed by atoms with Crippen LogP contribution in [0.1, 0.15) is 37.8 Å². The minimum atomic E-state index is -3.63. The van der Waals surface area contributed by atoms with Gasteiger partial charge in [-0.3, -0.25) is 18.7 Å². The molecule has 12 nitrogen and oxygen atoms in total. The van der Waals surface area contributed by atoms with Crippen LogP contribution in [0, 0.1) is 10.1 Å². The van der Waals surface area contributed by atoms with Crippen molar-refractivity contribution < 1.29 is 21.8 Å². The molecule has 2 aliphatic heterocycles. The molecule has 2 aromatic rings. The Morgan fingerprint density at radius 2 is 1.33 bits per heavy atom. The summed E-state index contributed by atoms with van der Waals surface area (Å²) in [4.78, 5) is 10.5. The van der Waals surface area contributed by atoms with Crippen molar-refractivity contribution in [2.75, 3.05) is 40.5 Å². The monoisotopic (exact) mass is 540 g/mol. The number of hydrogen-bond donors (Lipinski definition) is 3. The summed E-state index contributed by atoms with van der Waals surface area (Å²) in [7, 11) is -7.06. The summed E-state index contributed by atoms with van der Waals surface area (Å²) in [5, 5.41) is 11.0.